The number of thioether (sulfide) groups is 1. The third-order valence-electron chi connectivity index (χ3n) is 4.51. The number of ether oxygens (including phenoxy) is 1. The number of anilines is 1. The normalized spacial score (nSPS) is 10.6. The third kappa shape index (κ3) is 5.70. The molecule has 0 spiro atoms. The lowest BCUT2D eigenvalue weighted by Crippen LogP contribution is -2.17. The number of amides is 1. The maximum absolute atomic E-state index is 12.5. The first-order valence-electron chi connectivity index (χ1n) is 9.67. The Hall–Kier alpha value is -3.73. The predicted octanol–water partition coefficient (Wildman–Crippen LogP) is 3.37. The molecule has 0 aliphatic heterocycles. The van der Waals surface area contributed by atoms with Gasteiger partial charge in [-0.25, -0.2) is 0 Å². The van der Waals surface area contributed by atoms with Crippen LogP contribution in [0.1, 0.15) is 23.1 Å². The van der Waals surface area contributed by atoms with Crippen molar-refractivity contribution in [2.24, 2.45) is 0 Å². The van der Waals surface area contributed by atoms with Gasteiger partial charge < -0.3 is 14.6 Å². The number of hydrogen-bond donors (Lipinski definition) is 1. The molecule has 0 radical (unpaired) electrons. The molecule has 1 amide bonds. The summed E-state index contributed by atoms with van der Waals surface area (Å²) in [4.78, 5) is 35.2. The molecule has 3 rings (SSSR count). The minimum atomic E-state index is -0.541. The Kier molecular flexibility index (Phi) is 7.55. The average Bonchev–Trinajstić information content (AvgIpc) is 3.19. The fourth-order valence-corrected chi connectivity index (χ4v) is 3.82. The van der Waals surface area contributed by atoms with Crippen molar-refractivity contribution in [1.29, 1.82) is 0 Å². The average molecular weight is 455 g/mol. The molecule has 2 aromatic carbocycles. The summed E-state index contributed by atoms with van der Waals surface area (Å²) >= 11 is 1.17. The molecule has 32 heavy (non-hydrogen) atoms. The maximum atomic E-state index is 12.5. The van der Waals surface area contributed by atoms with Crippen LogP contribution >= 0.6 is 11.8 Å². The molecule has 0 saturated heterocycles. The molecular formula is C21H21N5O5S. The SMILES string of the molecule is CCn1c(CC(=O)Nc2ccc(OC)cc2)nnc1SCC(=O)c1cccc([N+](=O)[O-])c1. The summed E-state index contributed by atoms with van der Waals surface area (Å²) in [6.45, 7) is 2.41. The number of non-ortho nitro benzene ring substituents is 1. The molecule has 0 fully saturated rings. The largest absolute Gasteiger partial charge is 0.497 e. The van der Waals surface area contributed by atoms with Crippen LogP contribution in [0.2, 0.25) is 0 Å². The van der Waals surface area contributed by atoms with E-state index in [0.717, 1.165) is 0 Å². The summed E-state index contributed by atoms with van der Waals surface area (Å²) in [7, 11) is 1.57. The number of nitro benzene ring substituents is 1. The van der Waals surface area contributed by atoms with Crippen molar-refractivity contribution in [2.75, 3.05) is 18.2 Å². The molecule has 0 saturated carbocycles. The van der Waals surface area contributed by atoms with E-state index in [-0.39, 0.29) is 35.1 Å². The van der Waals surface area contributed by atoms with E-state index >= 15 is 0 Å². The summed E-state index contributed by atoms with van der Waals surface area (Å²) in [5.41, 5.74) is 0.756. The number of hydrogen-bond acceptors (Lipinski definition) is 8. The monoisotopic (exact) mass is 455 g/mol. The Morgan fingerprint density at radius 2 is 1.94 bits per heavy atom. The summed E-state index contributed by atoms with van der Waals surface area (Å²) < 4.78 is 6.86. The van der Waals surface area contributed by atoms with Gasteiger partial charge in [0.05, 0.1) is 24.2 Å². The van der Waals surface area contributed by atoms with Crippen molar-refractivity contribution in [3.05, 3.63) is 70.0 Å². The second kappa shape index (κ2) is 10.5. The highest BCUT2D eigenvalue weighted by atomic mass is 32.2. The zero-order chi connectivity index (χ0) is 23.1. The Bertz CT molecular complexity index is 1130. The quantitative estimate of drug-likeness (QED) is 0.213. The Morgan fingerprint density at radius 3 is 2.59 bits per heavy atom. The zero-order valence-electron chi connectivity index (χ0n) is 17.5. The summed E-state index contributed by atoms with van der Waals surface area (Å²) in [5, 5.41) is 22.4. The van der Waals surface area contributed by atoms with E-state index < -0.39 is 4.92 Å². The number of nitrogens with zero attached hydrogens (tertiary/aromatic N) is 4. The molecule has 3 aromatic rings. The predicted molar refractivity (Wildman–Crippen MR) is 119 cm³/mol. The minimum absolute atomic E-state index is 0.0201. The van der Waals surface area contributed by atoms with Crippen LogP contribution in [0.5, 0.6) is 5.75 Å². The second-order valence-corrected chi connectivity index (χ2v) is 7.56. The fraction of sp³-hybridized carbons (Fsp3) is 0.238. The van der Waals surface area contributed by atoms with Gasteiger partial charge in [-0.15, -0.1) is 10.2 Å². The van der Waals surface area contributed by atoms with Gasteiger partial charge in [-0.1, -0.05) is 23.9 Å². The van der Waals surface area contributed by atoms with Crippen LogP contribution in [0.4, 0.5) is 11.4 Å². The molecule has 0 bridgehead atoms. The molecule has 1 heterocycles. The van der Waals surface area contributed by atoms with Crippen molar-refractivity contribution in [3.8, 4) is 5.75 Å². The number of carbonyl (C=O) groups is 2. The number of aromatic nitrogens is 3. The van der Waals surface area contributed by atoms with Gasteiger partial charge in [0, 0.05) is 29.9 Å². The number of carbonyl (C=O) groups excluding carboxylic acids is 2. The number of Topliss-reactive ketones (excluding diaryl/α,β-unsaturated/α-hetero) is 1. The first-order valence-corrected chi connectivity index (χ1v) is 10.7. The second-order valence-electron chi connectivity index (χ2n) is 6.62. The Morgan fingerprint density at radius 1 is 1.19 bits per heavy atom. The maximum Gasteiger partial charge on any atom is 0.270 e. The number of nitro groups is 1. The van der Waals surface area contributed by atoms with Crippen LogP contribution in [0.3, 0.4) is 0 Å². The number of rotatable bonds is 10. The van der Waals surface area contributed by atoms with Gasteiger partial charge in [0.25, 0.3) is 5.69 Å². The molecule has 0 unspecified atom stereocenters. The molecular weight excluding hydrogens is 434 g/mol. The van der Waals surface area contributed by atoms with E-state index in [1.54, 1.807) is 35.9 Å². The summed E-state index contributed by atoms with van der Waals surface area (Å²) in [6, 6.07) is 12.6. The third-order valence-corrected chi connectivity index (χ3v) is 5.48. The highest BCUT2D eigenvalue weighted by molar-refractivity contribution is 7.99. The Balaban J connectivity index is 1.62. The molecule has 1 aromatic heterocycles. The lowest BCUT2D eigenvalue weighted by atomic mass is 10.1. The molecule has 10 nitrogen and oxygen atoms in total. The lowest BCUT2D eigenvalue weighted by Gasteiger charge is -2.08. The van der Waals surface area contributed by atoms with Crippen LogP contribution in [0.25, 0.3) is 0 Å². The van der Waals surface area contributed by atoms with Crippen molar-refractivity contribution in [2.45, 2.75) is 25.0 Å². The summed E-state index contributed by atoms with van der Waals surface area (Å²) in [6.07, 6.45) is 0.0201. The van der Waals surface area contributed by atoms with Crippen molar-refractivity contribution in [1.82, 2.24) is 14.8 Å². The van der Waals surface area contributed by atoms with Gasteiger partial charge in [0.2, 0.25) is 5.91 Å². The number of nitrogens with one attached hydrogen (secondary N) is 1. The van der Waals surface area contributed by atoms with Crippen LogP contribution in [0.15, 0.2) is 53.7 Å². The highest BCUT2D eigenvalue weighted by Gasteiger charge is 2.17. The first-order chi connectivity index (χ1) is 15.4. The van der Waals surface area contributed by atoms with Crippen molar-refractivity contribution < 1.29 is 19.2 Å². The van der Waals surface area contributed by atoms with Crippen LogP contribution in [-0.2, 0) is 17.8 Å². The van der Waals surface area contributed by atoms with Crippen molar-refractivity contribution in [3.63, 3.8) is 0 Å². The minimum Gasteiger partial charge on any atom is -0.497 e. The summed E-state index contributed by atoms with van der Waals surface area (Å²) in [5.74, 6) is 0.695. The van der Waals surface area contributed by atoms with E-state index in [4.69, 9.17) is 4.74 Å². The standard InChI is InChI=1S/C21H21N5O5S/c1-3-25-19(12-20(28)22-15-7-9-17(31-2)10-8-15)23-24-21(25)32-13-18(27)14-5-4-6-16(11-14)26(29)30/h4-11H,3,12-13H2,1-2H3,(H,22,28). The van der Waals surface area contributed by atoms with Crippen LogP contribution in [-0.4, -0.2) is 44.2 Å². The first kappa shape index (κ1) is 22.9. The van der Waals surface area contributed by atoms with Gasteiger partial charge in [0.15, 0.2) is 10.9 Å². The number of benzene rings is 2. The van der Waals surface area contributed by atoms with Gasteiger partial charge >= 0.3 is 0 Å². The zero-order valence-corrected chi connectivity index (χ0v) is 18.3. The van der Waals surface area contributed by atoms with Crippen LogP contribution in [0, 0.1) is 10.1 Å². The van der Waals surface area contributed by atoms with Gasteiger partial charge in [-0.05, 0) is 31.2 Å². The van der Waals surface area contributed by atoms with E-state index in [9.17, 15) is 19.7 Å². The molecule has 166 valence electrons. The van der Waals surface area contributed by atoms with Gasteiger partial charge in [0.1, 0.15) is 11.6 Å². The molecule has 0 aliphatic carbocycles. The smallest absolute Gasteiger partial charge is 0.270 e. The van der Waals surface area contributed by atoms with E-state index in [2.05, 4.69) is 15.5 Å². The van der Waals surface area contributed by atoms with Gasteiger partial charge in [-0.2, -0.15) is 0 Å². The number of ketones is 1. The molecule has 11 heteroatoms. The highest BCUT2D eigenvalue weighted by Crippen LogP contribution is 2.21. The molecule has 0 atom stereocenters. The fourth-order valence-electron chi connectivity index (χ4n) is 2.90. The number of methoxy groups -OCH3 is 1. The molecule has 0 aliphatic rings. The van der Waals surface area contributed by atoms with Gasteiger partial charge in [-0.3, -0.25) is 19.7 Å². The van der Waals surface area contributed by atoms with Crippen LogP contribution < -0.4 is 10.1 Å². The van der Waals surface area contributed by atoms with E-state index in [1.807, 2.05) is 6.92 Å². The van der Waals surface area contributed by atoms with E-state index in [1.165, 1.54) is 36.0 Å². The van der Waals surface area contributed by atoms with E-state index in [0.29, 0.717) is 29.0 Å². The van der Waals surface area contributed by atoms with Crippen molar-refractivity contribution >= 4 is 34.8 Å². The Labute approximate surface area is 188 Å². The topological polar surface area (TPSA) is 129 Å². The molecule has 1 N–H and O–H groups in total. The lowest BCUT2D eigenvalue weighted by molar-refractivity contribution is -0.384.